The number of halogens is 1. The van der Waals surface area contributed by atoms with Crippen LogP contribution in [-0.4, -0.2) is 19.6 Å². The van der Waals surface area contributed by atoms with Gasteiger partial charge in [0.2, 0.25) is 0 Å². The standard InChI is InChI=1S/C15H9ClN4/c16-15-9-20-14(8-18-15)13(7-19-20)11-1-2-12-6-17-4-3-10(12)5-11/h1-9H. The highest BCUT2D eigenvalue weighted by molar-refractivity contribution is 6.29. The van der Waals surface area contributed by atoms with Crippen LogP contribution in [0.4, 0.5) is 0 Å². The zero-order chi connectivity index (χ0) is 13.5. The van der Waals surface area contributed by atoms with Crippen LogP contribution in [0.25, 0.3) is 27.4 Å². The maximum absolute atomic E-state index is 5.87. The molecule has 5 heteroatoms. The van der Waals surface area contributed by atoms with E-state index in [9.17, 15) is 0 Å². The third kappa shape index (κ3) is 1.73. The topological polar surface area (TPSA) is 43.1 Å². The predicted octanol–water partition coefficient (Wildman–Crippen LogP) is 3.60. The molecular formula is C15H9ClN4. The average molecular weight is 281 g/mol. The molecule has 0 spiro atoms. The molecule has 3 heterocycles. The van der Waals surface area contributed by atoms with E-state index in [2.05, 4.69) is 33.3 Å². The van der Waals surface area contributed by atoms with Crippen LogP contribution in [0.1, 0.15) is 0 Å². The lowest BCUT2D eigenvalue weighted by atomic mass is 10.0. The van der Waals surface area contributed by atoms with Crippen molar-refractivity contribution in [2.24, 2.45) is 0 Å². The third-order valence-electron chi connectivity index (χ3n) is 3.32. The van der Waals surface area contributed by atoms with Crippen LogP contribution in [0.3, 0.4) is 0 Å². The molecule has 0 aliphatic rings. The van der Waals surface area contributed by atoms with Crippen LogP contribution in [0, 0.1) is 0 Å². The summed E-state index contributed by atoms with van der Waals surface area (Å²) in [6.45, 7) is 0. The molecule has 0 radical (unpaired) electrons. The van der Waals surface area contributed by atoms with Gasteiger partial charge in [-0.15, -0.1) is 0 Å². The number of hydrogen-bond donors (Lipinski definition) is 0. The summed E-state index contributed by atoms with van der Waals surface area (Å²) in [5, 5.41) is 7.01. The van der Waals surface area contributed by atoms with Gasteiger partial charge in [0.1, 0.15) is 5.15 Å². The molecule has 0 saturated heterocycles. The zero-order valence-corrected chi connectivity index (χ0v) is 11.1. The first-order valence-electron chi connectivity index (χ1n) is 6.14. The number of nitrogens with zero attached hydrogens (tertiary/aromatic N) is 4. The van der Waals surface area contributed by atoms with Gasteiger partial charge in [-0.3, -0.25) is 4.98 Å². The van der Waals surface area contributed by atoms with Crippen molar-refractivity contribution in [3.63, 3.8) is 0 Å². The van der Waals surface area contributed by atoms with Crippen LogP contribution < -0.4 is 0 Å². The van der Waals surface area contributed by atoms with Crippen LogP contribution in [-0.2, 0) is 0 Å². The summed E-state index contributed by atoms with van der Waals surface area (Å²) in [4.78, 5) is 8.25. The highest BCUT2D eigenvalue weighted by Gasteiger charge is 2.08. The van der Waals surface area contributed by atoms with E-state index < -0.39 is 0 Å². The van der Waals surface area contributed by atoms with Crippen molar-refractivity contribution < 1.29 is 0 Å². The minimum absolute atomic E-state index is 0.428. The van der Waals surface area contributed by atoms with E-state index >= 15 is 0 Å². The van der Waals surface area contributed by atoms with Gasteiger partial charge in [-0.25, -0.2) is 9.50 Å². The van der Waals surface area contributed by atoms with Crippen molar-refractivity contribution in [3.05, 3.63) is 60.4 Å². The average Bonchev–Trinajstić information content (AvgIpc) is 2.89. The van der Waals surface area contributed by atoms with Gasteiger partial charge in [-0.05, 0) is 23.1 Å². The minimum Gasteiger partial charge on any atom is -0.264 e. The molecule has 0 amide bonds. The molecule has 3 aromatic heterocycles. The summed E-state index contributed by atoms with van der Waals surface area (Å²) in [5.74, 6) is 0. The number of aromatic nitrogens is 4. The minimum atomic E-state index is 0.428. The Labute approximate surface area is 119 Å². The number of rotatable bonds is 1. The normalized spacial score (nSPS) is 11.2. The van der Waals surface area contributed by atoms with Gasteiger partial charge in [0.25, 0.3) is 0 Å². The molecule has 20 heavy (non-hydrogen) atoms. The Morgan fingerprint density at radius 2 is 1.95 bits per heavy atom. The second-order valence-electron chi connectivity index (χ2n) is 4.54. The van der Waals surface area contributed by atoms with E-state index in [-0.39, 0.29) is 0 Å². The lowest BCUT2D eigenvalue weighted by Crippen LogP contribution is -1.88. The van der Waals surface area contributed by atoms with Crippen molar-refractivity contribution in [2.75, 3.05) is 0 Å². The highest BCUT2D eigenvalue weighted by Crippen LogP contribution is 2.27. The monoisotopic (exact) mass is 280 g/mol. The fourth-order valence-corrected chi connectivity index (χ4v) is 2.47. The van der Waals surface area contributed by atoms with E-state index in [0.717, 1.165) is 27.4 Å². The maximum Gasteiger partial charge on any atom is 0.147 e. The predicted molar refractivity (Wildman–Crippen MR) is 78.7 cm³/mol. The van der Waals surface area contributed by atoms with Crippen molar-refractivity contribution in [2.45, 2.75) is 0 Å². The Kier molecular flexibility index (Phi) is 2.44. The van der Waals surface area contributed by atoms with Gasteiger partial charge in [-0.2, -0.15) is 5.10 Å². The van der Waals surface area contributed by atoms with Gasteiger partial charge in [0.15, 0.2) is 0 Å². The first-order chi connectivity index (χ1) is 9.81. The van der Waals surface area contributed by atoms with Crippen molar-refractivity contribution in [3.8, 4) is 11.1 Å². The van der Waals surface area contributed by atoms with Crippen molar-refractivity contribution >= 4 is 27.9 Å². The summed E-state index contributed by atoms with van der Waals surface area (Å²) in [6, 6.07) is 8.25. The number of fused-ring (bicyclic) bond motifs is 2. The lowest BCUT2D eigenvalue weighted by molar-refractivity contribution is 0.946. The second-order valence-corrected chi connectivity index (χ2v) is 4.92. The van der Waals surface area contributed by atoms with Crippen molar-refractivity contribution in [1.82, 2.24) is 19.6 Å². The first kappa shape index (κ1) is 11.4. The second kappa shape index (κ2) is 4.28. The molecular weight excluding hydrogens is 272 g/mol. The van der Waals surface area contributed by atoms with Gasteiger partial charge in [0.05, 0.1) is 24.1 Å². The molecule has 1 aromatic carbocycles. The quantitative estimate of drug-likeness (QED) is 0.535. The zero-order valence-electron chi connectivity index (χ0n) is 10.4. The Bertz CT molecular complexity index is 929. The molecule has 0 bridgehead atoms. The van der Waals surface area contributed by atoms with Gasteiger partial charge < -0.3 is 0 Å². The Morgan fingerprint density at radius 1 is 1.00 bits per heavy atom. The molecule has 0 aliphatic heterocycles. The fraction of sp³-hybridized carbons (Fsp3) is 0. The molecule has 0 saturated carbocycles. The molecule has 0 unspecified atom stereocenters. The fourth-order valence-electron chi connectivity index (χ4n) is 2.33. The SMILES string of the molecule is Clc1cn2ncc(-c3ccc4cnccc4c3)c2cn1. The highest BCUT2D eigenvalue weighted by atomic mass is 35.5. The number of pyridine rings is 1. The van der Waals surface area contributed by atoms with Crippen LogP contribution in [0.15, 0.2) is 55.2 Å². The summed E-state index contributed by atoms with van der Waals surface area (Å²) < 4.78 is 1.74. The molecule has 4 rings (SSSR count). The van der Waals surface area contributed by atoms with Gasteiger partial charge in [-0.1, -0.05) is 23.7 Å². The van der Waals surface area contributed by atoms with E-state index in [4.69, 9.17) is 11.6 Å². The van der Waals surface area contributed by atoms with Crippen LogP contribution in [0.2, 0.25) is 5.15 Å². The Balaban J connectivity index is 1.96. The van der Waals surface area contributed by atoms with E-state index in [1.165, 1.54) is 0 Å². The van der Waals surface area contributed by atoms with Crippen molar-refractivity contribution in [1.29, 1.82) is 0 Å². The Morgan fingerprint density at radius 3 is 2.90 bits per heavy atom. The summed E-state index contributed by atoms with van der Waals surface area (Å²) in [7, 11) is 0. The lowest BCUT2D eigenvalue weighted by Gasteiger charge is -2.02. The smallest absolute Gasteiger partial charge is 0.147 e. The largest absolute Gasteiger partial charge is 0.264 e. The molecule has 0 atom stereocenters. The van der Waals surface area contributed by atoms with Gasteiger partial charge >= 0.3 is 0 Å². The molecule has 4 nitrogen and oxygen atoms in total. The Hall–Kier alpha value is -2.46. The van der Waals surface area contributed by atoms with Crippen LogP contribution >= 0.6 is 11.6 Å². The number of hydrogen-bond acceptors (Lipinski definition) is 3. The molecule has 4 aromatic rings. The summed E-state index contributed by atoms with van der Waals surface area (Å²) in [6.07, 6.45) is 8.92. The van der Waals surface area contributed by atoms with Gasteiger partial charge in [0, 0.05) is 23.3 Å². The van der Waals surface area contributed by atoms with E-state index in [1.807, 2.05) is 18.5 Å². The maximum atomic E-state index is 5.87. The third-order valence-corrected chi connectivity index (χ3v) is 3.52. The first-order valence-corrected chi connectivity index (χ1v) is 6.52. The molecule has 0 aliphatic carbocycles. The summed E-state index contributed by atoms with van der Waals surface area (Å²) in [5.41, 5.74) is 3.07. The molecule has 0 N–H and O–H groups in total. The van der Waals surface area contributed by atoms with E-state index in [0.29, 0.717) is 5.15 Å². The number of benzene rings is 1. The van der Waals surface area contributed by atoms with Crippen LogP contribution in [0.5, 0.6) is 0 Å². The summed E-state index contributed by atoms with van der Waals surface area (Å²) >= 11 is 5.87. The van der Waals surface area contributed by atoms with E-state index in [1.54, 1.807) is 23.1 Å². The molecule has 96 valence electrons. The molecule has 0 fully saturated rings.